The molecule has 0 aliphatic carbocycles. The molecule has 0 heterocycles. The maximum absolute atomic E-state index is 12.1. The third-order valence-electron chi connectivity index (χ3n) is 3.19. The maximum Gasteiger partial charge on any atom is 0.408 e. The summed E-state index contributed by atoms with van der Waals surface area (Å²) in [4.78, 5) is 12.1. The topological polar surface area (TPSA) is 58.6 Å². The third-order valence-corrected chi connectivity index (χ3v) is 4.07. The van der Waals surface area contributed by atoms with Crippen molar-refractivity contribution in [2.45, 2.75) is 71.5 Å². The summed E-state index contributed by atoms with van der Waals surface area (Å²) in [5.41, 5.74) is 3.33. The molecule has 1 aromatic carbocycles. The number of amides is 1. The van der Waals surface area contributed by atoms with Gasteiger partial charge in [-0.25, -0.2) is 4.79 Å². The van der Waals surface area contributed by atoms with Gasteiger partial charge < -0.3 is 15.2 Å². The molecule has 0 fully saturated rings. The monoisotopic (exact) mass is 361 g/mol. The minimum Gasteiger partial charge on any atom is -0.444 e. The number of ether oxygens (including phenoxy) is 1. The van der Waals surface area contributed by atoms with E-state index in [1.54, 1.807) is 34.6 Å². The molecule has 25 heavy (non-hydrogen) atoms. The van der Waals surface area contributed by atoms with Crippen LogP contribution in [-0.2, 0) is 4.74 Å². The molecule has 1 amide bonds. The molecule has 1 atom stereocenters. The van der Waals surface area contributed by atoms with E-state index in [4.69, 9.17) is 4.74 Å². The molecule has 1 aromatic rings. The number of hydrogen-bond acceptors (Lipinski definition) is 3. The summed E-state index contributed by atoms with van der Waals surface area (Å²) in [6, 6.07) is 7.01. The zero-order chi connectivity index (χ0) is 19.5. The molecule has 0 radical (unpaired) electrons. The lowest BCUT2D eigenvalue weighted by Gasteiger charge is -2.31. The highest BCUT2D eigenvalue weighted by Gasteiger charge is 2.31. The fourth-order valence-electron chi connectivity index (χ4n) is 2.11. The lowest BCUT2D eigenvalue weighted by atomic mass is 9.91. The van der Waals surface area contributed by atoms with Crippen LogP contribution in [0.5, 0.6) is 0 Å². The Morgan fingerprint density at radius 3 is 2.04 bits per heavy atom. The second kappa shape index (κ2) is 7.63. The van der Waals surface area contributed by atoms with Crippen LogP contribution in [0.15, 0.2) is 24.3 Å². The van der Waals surface area contributed by atoms with Crippen LogP contribution in [0, 0.1) is 11.5 Å². The fraction of sp³-hybridized carbons (Fsp3) is 0.550. The average Bonchev–Trinajstić information content (AvgIpc) is 2.39. The summed E-state index contributed by atoms with van der Waals surface area (Å²) in [5.74, 6) is 3.20. The first kappa shape index (κ1) is 21.3. The molecule has 2 N–H and O–H groups in total. The Bertz CT molecular complexity index is 650. The molecule has 4 nitrogen and oxygen atoms in total. The first-order valence-corrected chi connectivity index (χ1v) is 12.0. The van der Waals surface area contributed by atoms with Crippen molar-refractivity contribution in [2.75, 3.05) is 0 Å². The number of hydrogen-bond donors (Lipinski definition) is 2. The fourth-order valence-corrected chi connectivity index (χ4v) is 2.63. The van der Waals surface area contributed by atoms with Crippen molar-refractivity contribution >= 4 is 14.2 Å². The molecule has 0 aromatic heterocycles. The largest absolute Gasteiger partial charge is 0.444 e. The summed E-state index contributed by atoms with van der Waals surface area (Å²) >= 11 is 0. The van der Waals surface area contributed by atoms with Crippen LogP contribution in [0.3, 0.4) is 0 Å². The van der Waals surface area contributed by atoms with Crippen LogP contribution >= 0.6 is 0 Å². The normalized spacial score (nSPS) is 13.5. The second-order valence-electron chi connectivity index (χ2n) is 8.85. The van der Waals surface area contributed by atoms with Crippen LogP contribution in [0.2, 0.25) is 19.6 Å². The Hall–Kier alpha value is -1.77. The van der Waals surface area contributed by atoms with Crippen LogP contribution in [0.25, 0.3) is 0 Å². The lowest BCUT2D eigenvalue weighted by molar-refractivity contribution is 0.0163. The van der Waals surface area contributed by atoms with Crippen LogP contribution < -0.4 is 5.32 Å². The first-order chi connectivity index (χ1) is 11.2. The molecule has 0 aliphatic rings. The molecule has 138 valence electrons. The second-order valence-corrected chi connectivity index (χ2v) is 13.6. The highest BCUT2D eigenvalue weighted by Crippen LogP contribution is 2.26. The van der Waals surface area contributed by atoms with E-state index in [1.165, 1.54) is 0 Å². The number of rotatable bonds is 3. The van der Waals surface area contributed by atoms with Gasteiger partial charge >= 0.3 is 6.09 Å². The number of carbonyl (C=O) groups excluding carboxylic acids is 1. The standard InChI is InChI=1S/C20H31NO3Si/c1-19(2,3)24-18(22)21-17(20(4,5)23)16-11-9-15(10-12-16)13-14-25(6,7)8/h9-12,17,23H,1-8H3,(H,21,22). The highest BCUT2D eigenvalue weighted by molar-refractivity contribution is 6.83. The number of alkyl carbamates (subject to hydrolysis) is 1. The average molecular weight is 362 g/mol. The van der Waals surface area contributed by atoms with Gasteiger partial charge in [-0.2, -0.15) is 0 Å². The van der Waals surface area contributed by atoms with Crippen molar-refractivity contribution in [3.63, 3.8) is 0 Å². The summed E-state index contributed by atoms with van der Waals surface area (Å²) in [5, 5.41) is 13.2. The molecule has 0 saturated carbocycles. The number of carbonyl (C=O) groups is 1. The molecular formula is C20H31NO3Si. The van der Waals surface area contributed by atoms with Crippen LogP contribution in [0.1, 0.15) is 51.8 Å². The zero-order valence-electron chi connectivity index (χ0n) is 16.7. The molecule has 0 spiro atoms. The van der Waals surface area contributed by atoms with E-state index in [0.29, 0.717) is 0 Å². The molecule has 0 saturated heterocycles. The van der Waals surface area contributed by atoms with Gasteiger partial charge in [-0.15, -0.1) is 5.54 Å². The summed E-state index contributed by atoms with van der Waals surface area (Å²) < 4.78 is 5.31. The van der Waals surface area contributed by atoms with Gasteiger partial charge in [0.15, 0.2) is 0 Å². The van der Waals surface area contributed by atoms with Crippen LogP contribution in [0.4, 0.5) is 4.79 Å². The predicted molar refractivity (Wildman–Crippen MR) is 105 cm³/mol. The Labute approximate surface area is 153 Å². The molecule has 0 aliphatic heterocycles. The number of nitrogens with one attached hydrogen (secondary N) is 1. The van der Waals surface area contributed by atoms with E-state index in [-0.39, 0.29) is 0 Å². The van der Waals surface area contributed by atoms with Gasteiger partial charge in [0, 0.05) is 5.56 Å². The first-order valence-electron chi connectivity index (χ1n) is 8.52. The van der Waals surface area contributed by atoms with Gasteiger partial charge in [-0.1, -0.05) is 37.7 Å². The third kappa shape index (κ3) is 8.24. The lowest BCUT2D eigenvalue weighted by Crippen LogP contribution is -2.44. The minimum absolute atomic E-state index is 0.553. The van der Waals surface area contributed by atoms with Crippen molar-refractivity contribution in [3.8, 4) is 11.5 Å². The molecule has 5 heteroatoms. The maximum atomic E-state index is 12.1. The molecule has 0 bridgehead atoms. The quantitative estimate of drug-likeness (QED) is 0.625. The van der Waals surface area contributed by atoms with E-state index in [0.717, 1.165) is 11.1 Å². The Morgan fingerprint density at radius 1 is 1.12 bits per heavy atom. The highest BCUT2D eigenvalue weighted by atomic mass is 28.3. The van der Waals surface area contributed by atoms with Crippen LogP contribution in [-0.4, -0.2) is 30.5 Å². The summed E-state index contributed by atoms with van der Waals surface area (Å²) in [6.45, 7) is 15.3. The molecular weight excluding hydrogens is 330 g/mol. The smallest absolute Gasteiger partial charge is 0.408 e. The Morgan fingerprint density at radius 2 is 1.64 bits per heavy atom. The van der Waals surface area contributed by atoms with Gasteiger partial charge in [0.1, 0.15) is 13.7 Å². The van der Waals surface area contributed by atoms with Crippen molar-refractivity contribution < 1.29 is 14.6 Å². The van der Waals surface area contributed by atoms with E-state index in [9.17, 15) is 9.90 Å². The Kier molecular flexibility index (Phi) is 6.49. The van der Waals surface area contributed by atoms with Gasteiger partial charge in [0.2, 0.25) is 0 Å². The zero-order valence-corrected chi connectivity index (χ0v) is 17.7. The van der Waals surface area contributed by atoms with Gasteiger partial charge in [-0.3, -0.25) is 0 Å². The van der Waals surface area contributed by atoms with Crippen molar-refractivity contribution in [2.24, 2.45) is 0 Å². The molecule has 1 rings (SSSR count). The van der Waals surface area contributed by atoms with Crippen molar-refractivity contribution in [1.82, 2.24) is 5.32 Å². The molecule has 1 unspecified atom stereocenters. The summed E-state index contributed by atoms with van der Waals surface area (Å²) in [7, 11) is -1.42. The van der Waals surface area contributed by atoms with Gasteiger partial charge in [-0.05, 0) is 52.3 Å². The Balaban J connectivity index is 3.01. The number of aliphatic hydroxyl groups is 1. The van der Waals surface area contributed by atoms with E-state index < -0.39 is 31.4 Å². The number of benzene rings is 1. The summed E-state index contributed by atoms with van der Waals surface area (Å²) in [6.07, 6.45) is -0.553. The van der Waals surface area contributed by atoms with Crippen molar-refractivity contribution in [3.05, 3.63) is 35.4 Å². The van der Waals surface area contributed by atoms with E-state index >= 15 is 0 Å². The van der Waals surface area contributed by atoms with Gasteiger partial charge in [0.25, 0.3) is 0 Å². The van der Waals surface area contributed by atoms with Crippen molar-refractivity contribution in [1.29, 1.82) is 0 Å². The predicted octanol–water partition coefficient (Wildman–Crippen LogP) is 4.25. The van der Waals surface area contributed by atoms with Gasteiger partial charge in [0.05, 0.1) is 11.6 Å². The minimum atomic E-state index is -1.42. The van der Waals surface area contributed by atoms with E-state index in [1.807, 2.05) is 24.3 Å². The SMILES string of the molecule is CC(C)(C)OC(=O)NC(c1ccc(C#C[Si](C)(C)C)cc1)C(C)(C)O. The van der Waals surface area contributed by atoms with E-state index in [2.05, 4.69) is 36.4 Å².